The van der Waals surface area contributed by atoms with E-state index in [9.17, 15) is 4.79 Å². The van der Waals surface area contributed by atoms with Crippen LogP contribution in [0.1, 0.15) is 34.8 Å². The Balaban J connectivity index is 1.15. The van der Waals surface area contributed by atoms with Gasteiger partial charge in [0, 0.05) is 41.3 Å². The lowest BCUT2D eigenvalue weighted by molar-refractivity contribution is 0.0712. The molecule has 1 N–H and O–H groups in total. The fourth-order valence-electron chi connectivity index (χ4n) is 4.74. The third-order valence-corrected chi connectivity index (χ3v) is 6.50. The molecule has 0 radical (unpaired) electrons. The van der Waals surface area contributed by atoms with Crippen molar-refractivity contribution in [2.45, 2.75) is 18.8 Å². The molecule has 6 heteroatoms. The number of piperidine rings is 1. The van der Waals surface area contributed by atoms with Crippen molar-refractivity contribution in [3.8, 4) is 11.3 Å². The molecule has 0 atom stereocenters. The number of H-pyrrole nitrogens is 1. The number of carbonyl (C=O) groups excluding carboxylic acids is 1. The summed E-state index contributed by atoms with van der Waals surface area (Å²) in [4.78, 5) is 22.9. The van der Waals surface area contributed by atoms with Crippen LogP contribution in [-0.2, 0) is 0 Å². The Morgan fingerprint density at radius 1 is 0.938 bits per heavy atom. The molecule has 3 aromatic heterocycles. The van der Waals surface area contributed by atoms with Crippen LogP contribution < -0.4 is 0 Å². The Kier molecular flexibility index (Phi) is 4.49. The van der Waals surface area contributed by atoms with Gasteiger partial charge in [-0.1, -0.05) is 36.4 Å². The molecule has 6 rings (SSSR count). The highest BCUT2D eigenvalue weighted by molar-refractivity contribution is 5.94. The van der Waals surface area contributed by atoms with Crippen molar-refractivity contribution in [1.82, 2.24) is 24.5 Å². The maximum Gasteiger partial charge on any atom is 0.253 e. The minimum Gasteiger partial charge on any atom is -0.358 e. The Morgan fingerprint density at radius 2 is 1.75 bits per heavy atom. The molecule has 0 saturated carbocycles. The van der Waals surface area contributed by atoms with Crippen LogP contribution >= 0.6 is 0 Å². The topological polar surface area (TPSA) is 66.3 Å². The van der Waals surface area contributed by atoms with Crippen molar-refractivity contribution < 1.29 is 4.79 Å². The number of para-hydroxylation sites is 1. The number of nitrogens with zero attached hydrogens (tertiary/aromatic N) is 4. The fourth-order valence-corrected chi connectivity index (χ4v) is 4.74. The Labute approximate surface area is 185 Å². The van der Waals surface area contributed by atoms with E-state index >= 15 is 0 Å². The molecule has 0 unspecified atom stereocenters. The van der Waals surface area contributed by atoms with Crippen LogP contribution in [0, 0.1) is 0 Å². The summed E-state index contributed by atoms with van der Waals surface area (Å²) in [7, 11) is 0. The first-order valence-corrected chi connectivity index (χ1v) is 11.0. The number of aromatic amines is 1. The van der Waals surface area contributed by atoms with Gasteiger partial charge in [0.25, 0.3) is 5.91 Å². The fraction of sp³-hybridized carbons (Fsp3) is 0.192. The van der Waals surface area contributed by atoms with Gasteiger partial charge in [-0.05, 0) is 54.6 Å². The second-order valence-electron chi connectivity index (χ2n) is 8.40. The highest BCUT2D eigenvalue weighted by Gasteiger charge is 2.25. The number of rotatable bonds is 3. The second kappa shape index (κ2) is 7.64. The summed E-state index contributed by atoms with van der Waals surface area (Å²) < 4.78 is 1.81. The number of hydrogen-bond donors (Lipinski definition) is 1. The van der Waals surface area contributed by atoms with Crippen LogP contribution in [0.3, 0.4) is 0 Å². The highest BCUT2D eigenvalue weighted by Crippen LogP contribution is 2.30. The first-order valence-electron chi connectivity index (χ1n) is 11.0. The summed E-state index contributed by atoms with van der Waals surface area (Å²) in [6.45, 7) is 1.55. The number of pyridine rings is 1. The van der Waals surface area contributed by atoms with Crippen molar-refractivity contribution in [3.05, 3.63) is 90.4 Å². The maximum atomic E-state index is 13.1. The summed E-state index contributed by atoms with van der Waals surface area (Å²) >= 11 is 0. The molecule has 6 nitrogen and oxygen atoms in total. The van der Waals surface area contributed by atoms with Gasteiger partial charge in [0.15, 0.2) is 5.65 Å². The minimum absolute atomic E-state index is 0.102. The van der Waals surface area contributed by atoms with Crippen molar-refractivity contribution in [3.63, 3.8) is 0 Å². The molecule has 158 valence electrons. The van der Waals surface area contributed by atoms with E-state index in [0.29, 0.717) is 5.92 Å². The Bertz CT molecular complexity index is 1370. The van der Waals surface area contributed by atoms with Gasteiger partial charge in [-0.15, -0.1) is 0 Å². The summed E-state index contributed by atoms with van der Waals surface area (Å²) in [6.07, 6.45) is 3.51. The highest BCUT2D eigenvalue weighted by atomic mass is 16.2. The smallest absolute Gasteiger partial charge is 0.253 e. The molecule has 2 aromatic carbocycles. The number of aromatic nitrogens is 4. The van der Waals surface area contributed by atoms with E-state index in [1.807, 2.05) is 51.9 Å². The van der Waals surface area contributed by atoms with E-state index in [1.54, 1.807) is 6.33 Å². The van der Waals surface area contributed by atoms with Crippen molar-refractivity contribution in [2.24, 2.45) is 0 Å². The normalized spacial score (nSPS) is 14.9. The van der Waals surface area contributed by atoms with Crippen molar-refractivity contribution >= 4 is 22.5 Å². The zero-order valence-electron chi connectivity index (χ0n) is 17.6. The van der Waals surface area contributed by atoms with E-state index in [1.165, 1.54) is 16.6 Å². The van der Waals surface area contributed by atoms with Gasteiger partial charge in [0.2, 0.25) is 0 Å². The summed E-state index contributed by atoms with van der Waals surface area (Å²) in [6, 6.07) is 24.3. The molecule has 1 aliphatic heterocycles. The van der Waals surface area contributed by atoms with Crippen LogP contribution in [-0.4, -0.2) is 43.5 Å². The number of nitrogens with one attached hydrogen (secondary N) is 1. The van der Waals surface area contributed by atoms with E-state index in [2.05, 4.69) is 45.4 Å². The number of amides is 1. The largest absolute Gasteiger partial charge is 0.358 e. The zero-order chi connectivity index (χ0) is 21.5. The first kappa shape index (κ1) is 18.8. The lowest BCUT2D eigenvalue weighted by atomic mass is 9.93. The summed E-state index contributed by atoms with van der Waals surface area (Å²) in [5.41, 5.74) is 5.96. The third kappa shape index (κ3) is 3.24. The Hall–Kier alpha value is -3.93. The Morgan fingerprint density at radius 3 is 2.56 bits per heavy atom. The third-order valence-electron chi connectivity index (χ3n) is 6.50. The quantitative estimate of drug-likeness (QED) is 0.451. The second-order valence-corrected chi connectivity index (χ2v) is 8.40. The number of fused-ring (bicyclic) bond motifs is 2. The zero-order valence-corrected chi connectivity index (χ0v) is 17.6. The molecule has 0 spiro atoms. The molecule has 0 bridgehead atoms. The van der Waals surface area contributed by atoms with Gasteiger partial charge in [0.1, 0.15) is 6.33 Å². The molecule has 1 aliphatic rings. The van der Waals surface area contributed by atoms with Gasteiger partial charge in [-0.2, -0.15) is 5.10 Å². The first-order chi connectivity index (χ1) is 15.8. The molecular formula is C26H23N5O. The van der Waals surface area contributed by atoms with Gasteiger partial charge in [-0.3, -0.25) is 4.79 Å². The average molecular weight is 422 g/mol. The molecule has 1 amide bonds. The van der Waals surface area contributed by atoms with Gasteiger partial charge >= 0.3 is 0 Å². The molecular weight excluding hydrogens is 398 g/mol. The van der Waals surface area contributed by atoms with Crippen molar-refractivity contribution in [2.75, 3.05) is 13.1 Å². The van der Waals surface area contributed by atoms with E-state index < -0.39 is 0 Å². The lowest BCUT2D eigenvalue weighted by Gasteiger charge is -2.31. The van der Waals surface area contributed by atoms with Gasteiger partial charge in [-0.25, -0.2) is 9.50 Å². The minimum atomic E-state index is 0.102. The van der Waals surface area contributed by atoms with Crippen LogP contribution in [0.4, 0.5) is 0 Å². The number of hydrogen-bond acceptors (Lipinski definition) is 3. The SMILES string of the molecule is O=C(c1ccc(-c2cccc3ncnn23)cc1)N1CCC(c2cc3ccccc3[nH]2)CC1. The van der Waals surface area contributed by atoms with Crippen LogP contribution in [0.15, 0.2) is 79.1 Å². The van der Waals surface area contributed by atoms with Crippen LogP contribution in [0.25, 0.3) is 27.8 Å². The van der Waals surface area contributed by atoms with Gasteiger partial charge < -0.3 is 9.88 Å². The van der Waals surface area contributed by atoms with E-state index in [0.717, 1.165) is 48.4 Å². The number of benzene rings is 2. The predicted octanol–water partition coefficient (Wildman–Crippen LogP) is 4.90. The van der Waals surface area contributed by atoms with E-state index in [-0.39, 0.29) is 5.91 Å². The summed E-state index contributed by atoms with van der Waals surface area (Å²) in [5, 5.41) is 5.55. The molecule has 0 aliphatic carbocycles. The molecule has 1 saturated heterocycles. The molecule has 5 aromatic rings. The maximum absolute atomic E-state index is 13.1. The molecule has 4 heterocycles. The number of likely N-dealkylation sites (tertiary alicyclic amines) is 1. The lowest BCUT2D eigenvalue weighted by Crippen LogP contribution is -2.37. The summed E-state index contributed by atoms with van der Waals surface area (Å²) in [5.74, 6) is 0.572. The van der Waals surface area contributed by atoms with Crippen LogP contribution in [0.2, 0.25) is 0 Å². The predicted molar refractivity (Wildman–Crippen MR) is 125 cm³/mol. The van der Waals surface area contributed by atoms with Crippen LogP contribution in [0.5, 0.6) is 0 Å². The van der Waals surface area contributed by atoms with Crippen molar-refractivity contribution in [1.29, 1.82) is 0 Å². The number of carbonyl (C=O) groups is 1. The standard InChI is InChI=1S/C26H23N5O/c32-26(20-10-8-19(9-11-20)24-6-3-7-25-27-17-28-31(24)25)30-14-12-18(13-15-30)23-16-21-4-1-2-5-22(21)29-23/h1-11,16-18,29H,12-15H2. The molecule has 32 heavy (non-hydrogen) atoms. The average Bonchev–Trinajstić information content (AvgIpc) is 3.51. The molecule has 1 fully saturated rings. The van der Waals surface area contributed by atoms with E-state index in [4.69, 9.17) is 0 Å². The van der Waals surface area contributed by atoms with Gasteiger partial charge in [0.05, 0.1) is 5.69 Å². The monoisotopic (exact) mass is 421 g/mol.